The van der Waals surface area contributed by atoms with Crippen LogP contribution in [0.4, 0.5) is 4.39 Å². The molecule has 0 saturated heterocycles. The molecule has 1 atom stereocenters. The van der Waals surface area contributed by atoms with Gasteiger partial charge in [0.05, 0.1) is 22.8 Å². The molecule has 26 heavy (non-hydrogen) atoms. The Morgan fingerprint density at radius 2 is 1.92 bits per heavy atom. The van der Waals surface area contributed by atoms with Crippen molar-refractivity contribution in [2.24, 2.45) is 0 Å². The van der Waals surface area contributed by atoms with E-state index >= 15 is 0 Å². The number of benzene rings is 2. The Labute approximate surface area is 156 Å². The van der Waals surface area contributed by atoms with E-state index in [1.165, 1.54) is 12.1 Å². The van der Waals surface area contributed by atoms with Crippen molar-refractivity contribution in [2.45, 2.75) is 26.1 Å². The lowest BCUT2D eigenvalue weighted by Gasteiger charge is -2.27. The summed E-state index contributed by atoms with van der Waals surface area (Å²) in [7, 11) is 3.67. The third-order valence-electron chi connectivity index (χ3n) is 4.43. The maximum atomic E-state index is 13.3. The second-order valence-corrected chi connectivity index (χ2v) is 7.61. The summed E-state index contributed by atoms with van der Waals surface area (Å²) in [4.78, 5) is 21.0. The minimum absolute atomic E-state index is 0.00197. The van der Waals surface area contributed by atoms with E-state index < -0.39 is 0 Å². The predicted octanol–water partition coefficient (Wildman–Crippen LogP) is 3.91. The van der Waals surface area contributed by atoms with Crippen LogP contribution in [0.5, 0.6) is 0 Å². The highest BCUT2D eigenvalue weighted by atomic mass is 32.1. The number of hydrogen-bond acceptors (Lipinski definition) is 4. The summed E-state index contributed by atoms with van der Waals surface area (Å²) in [6.45, 7) is 2.88. The summed E-state index contributed by atoms with van der Waals surface area (Å²) in [5.74, 6) is -0.290. The van der Waals surface area contributed by atoms with Gasteiger partial charge in [0.1, 0.15) is 10.8 Å². The summed E-state index contributed by atoms with van der Waals surface area (Å²) >= 11 is 1.65. The highest BCUT2D eigenvalue weighted by Gasteiger charge is 2.22. The van der Waals surface area contributed by atoms with E-state index in [9.17, 15) is 9.18 Å². The highest BCUT2D eigenvalue weighted by molar-refractivity contribution is 7.18. The second kappa shape index (κ2) is 7.93. The third kappa shape index (κ3) is 4.26. The quantitative estimate of drug-likeness (QED) is 0.659. The lowest BCUT2D eigenvalue weighted by Crippen LogP contribution is -2.43. The zero-order chi connectivity index (χ0) is 18.7. The Balaban J connectivity index is 1.63. The van der Waals surface area contributed by atoms with E-state index in [0.717, 1.165) is 20.8 Å². The third-order valence-corrected chi connectivity index (χ3v) is 5.45. The lowest BCUT2D eigenvalue weighted by atomic mass is 10.2. The summed E-state index contributed by atoms with van der Waals surface area (Å²) in [6.07, 6.45) is 0. The number of para-hydroxylation sites is 1. The number of aromatic nitrogens is 1. The van der Waals surface area contributed by atoms with Crippen LogP contribution in [-0.4, -0.2) is 40.8 Å². The van der Waals surface area contributed by atoms with E-state index in [4.69, 9.17) is 0 Å². The number of nitrogens with zero attached hydrogens (tertiary/aromatic N) is 3. The average Bonchev–Trinajstić information content (AvgIpc) is 3.02. The van der Waals surface area contributed by atoms with Crippen molar-refractivity contribution in [2.75, 3.05) is 14.1 Å². The molecule has 0 spiro atoms. The molecule has 0 fully saturated rings. The van der Waals surface area contributed by atoms with Gasteiger partial charge in [-0.2, -0.15) is 0 Å². The summed E-state index contributed by atoms with van der Waals surface area (Å²) in [5.41, 5.74) is 1.77. The Kier molecular flexibility index (Phi) is 5.64. The van der Waals surface area contributed by atoms with Gasteiger partial charge in [-0.05, 0) is 43.8 Å². The maximum absolute atomic E-state index is 13.3. The molecule has 0 radical (unpaired) electrons. The summed E-state index contributed by atoms with van der Waals surface area (Å²) in [6, 6.07) is 14.1. The van der Waals surface area contributed by atoms with Crippen LogP contribution in [0.25, 0.3) is 10.2 Å². The first-order chi connectivity index (χ1) is 12.4. The van der Waals surface area contributed by atoms with Gasteiger partial charge < -0.3 is 4.90 Å². The van der Waals surface area contributed by atoms with Crippen LogP contribution >= 0.6 is 11.3 Å². The van der Waals surface area contributed by atoms with E-state index in [-0.39, 0.29) is 17.8 Å². The number of thiazole rings is 1. The molecule has 136 valence electrons. The fourth-order valence-corrected chi connectivity index (χ4v) is 3.86. The van der Waals surface area contributed by atoms with Gasteiger partial charge in [-0.1, -0.05) is 24.3 Å². The van der Waals surface area contributed by atoms with Crippen LogP contribution in [0.15, 0.2) is 48.5 Å². The number of amides is 1. The number of carbonyl (C=O) groups excluding carboxylic acids is 1. The van der Waals surface area contributed by atoms with Crippen molar-refractivity contribution in [3.63, 3.8) is 0 Å². The van der Waals surface area contributed by atoms with Crippen LogP contribution in [-0.2, 0) is 17.9 Å². The average molecular weight is 371 g/mol. The van der Waals surface area contributed by atoms with Crippen LogP contribution in [0.3, 0.4) is 0 Å². The molecule has 1 aromatic heterocycles. The zero-order valence-electron chi connectivity index (χ0n) is 15.1. The monoisotopic (exact) mass is 371 g/mol. The molecule has 1 amide bonds. The van der Waals surface area contributed by atoms with Crippen LogP contribution < -0.4 is 0 Å². The van der Waals surface area contributed by atoms with Gasteiger partial charge >= 0.3 is 0 Å². The molecular formula is C20H22FN3OS. The molecule has 0 aliphatic heterocycles. The molecule has 0 aliphatic carbocycles. The Bertz CT molecular complexity index is 878. The zero-order valence-corrected chi connectivity index (χ0v) is 16.0. The molecule has 0 aliphatic rings. The van der Waals surface area contributed by atoms with Gasteiger partial charge in [-0.15, -0.1) is 11.3 Å². The first-order valence-electron chi connectivity index (χ1n) is 8.48. The normalized spacial score (nSPS) is 12.5. The van der Waals surface area contributed by atoms with Crippen molar-refractivity contribution < 1.29 is 9.18 Å². The van der Waals surface area contributed by atoms with E-state index in [1.807, 2.05) is 43.1 Å². The van der Waals surface area contributed by atoms with Gasteiger partial charge in [-0.25, -0.2) is 9.37 Å². The molecule has 0 N–H and O–H groups in total. The second-order valence-electron chi connectivity index (χ2n) is 6.49. The van der Waals surface area contributed by atoms with E-state index in [2.05, 4.69) is 11.1 Å². The molecule has 3 aromatic rings. The Morgan fingerprint density at radius 1 is 1.15 bits per heavy atom. The summed E-state index contributed by atoms with van der Waals surface area (Å²) < 4.78 is 14.5. The van der Waals surface area contributed by atoms with Gasteiger partial charge in [-0.3, -0.25) is 9.69 Å². The topological polar surface area (TPSA) is 36.4 Å². The number of likely N-dealkylation sites (N-methyl/N-ethyl adjacent to an activating group) is 2. The van der Waals surface area contributed by atoms with Crippen molar-refractivity contribution in [1.82, 2.24) is 14.8 Å². The van der Waals surface area contributed by atoms with Crippen molar-refractivity contribution in [1.29, 1.82) is 0 Å². The minimum atomic E-state index is -0.291. The number of carbonyl (C=O) groups is 1. The number of halogens is 1. The van der Waals surface area contributed by atoms with Crippen LogP contribution in [0, 0.1) is 5.82 Å². The van der Waals surface area contributed by atoms with Gasteiger partial charge in [0.15, 0.2) is 0 Å². The molecule has 0 saturated carbocycles. The van der Waals surface area contributed by atoms with E-state index in [1.54, 1.807) is 29.4 Å². The first kappa shape index (κ1) is 18.5. The fraction of sp³-hybridized carbons (Fsp3) is 0.300. The molecule has 3 rings (SSSR count). The van der Waals surface area contributed by atoms with Crippen molar-refractivity contribution in [3.05, 3.63) is 64.9 Å². The Hall–Kier alpha value is -2.31. The lowest BCUT2D eigenvalue weighted by molar-refractivity contribution is -0.135. The van der Waals surface area contributed by atoms with E-state index in [0.29, 0.717) is 13.1 Å². The van der Waals surface area contributed by atoms with Gasteiger partial charge in [0, 0.05) is 13.6 Å². The number of rotatable bonds is 6. The molecular weight excluding hydrogens is 349 g/mol. The van der Waals surface area contributed by atoms with Gasteiger partial charge in [0.2, 0.25) is 5.91 Å². The highest BCUT2D eigenvalue weighted by Crippen LogP contribution is 2.23. The standard InChI is InChI=1S/C20H22FN3OS/c1-14(20(25)24(3)12-15-7-6-8-16(21)11-15)23(2)13-19-22-17-9-4-5-10-18(17)26-19/h4-11,14H,12-13H2,1-3H3. The molecule has 1 unspecified atom stereocenters. The molecule has 6 heteroatoms. The van der Waals surface area contributed by atoms with Crippen molar-refractivity contribution in [3.8, 4) is 0 Å². The molecule has 0 bridgehead atoms. The minimum Gasteiger partial charge on any atom is -0.340 e. The first-order valence-corrected chi connectivity index (χ1v) is 9.30. The smallest absolute Gasteiger partial charge is 0.239 e. The molecule has 4 nitrogen and oxygen atoms in total. The largest absolute Gasteiger partial charge is 0.340 e. The van der Waals surface area contributed by atoms with Crippen LogP contribution in [0.2, 0.25) is 0 Å². The van der Waals surface area contributed by atoms with Crippen LogP contribution in [0.1, 0.15) is 17.5 Å². The fourth-order valence-electron chi connectivity index (χ4n) is 2.83. The van der Waals surface area contributed by atoms with Gasteiger partial charge in [0.25, 0.3) is 0 Å². The number of hydrogen-bond donors (Lipinski definition) is 0. The Morgan fingerprint density at radius 3 is 2.65 bits per heavy atom. The maximum Gasteiger partial charge on any atom is 0.239 e. The summed E-state index contributed by atoms with van der Waals surface area (Å²) in [5, 5.41) is 0.987. The molecule has 1 heterocycles. The molecule has 2 aromatic carbocycles. The van der Waals surface area contributed by atoms with Crippen molar-refractivity contribution >= 4 is 27.5 Å². The predicted molar refractivity (Wildman–Crippen MR) is 103 cm³/mol. The SMILES string of the molecule is CC(C(=O)N(C)Cc1cccc(F)c1)N(C)Cc1nc2ccccc2s1. The number of fused-ring (bicyclic) bond motifs is 1.